The summed E-state index contributed by atoms with van der Waals surface area (Å²) in [5.41, 5.74) is 4.47. The Bertz CT molecular complexity index is 595. The lowest BCUT2D eigenvalue weighted by Gasteiger charge is -2.14. The first-order chi connectivity index (χ1) is 9.24. The normalized spacial score (nSPS) is 17.4. The van der Waals surface area contributed by atoms with Gasteiger partial charge in [0.15, 0.2) is 0 Å². The van der Waals surface area contributed by atoms with Crippen molar-refractivity contribution in [2.24, 2.45) is 0 Å². The Morgan fingerprint density at radius 3 is 3.00 bits per heavy atom. The fourth-order valence-electron chi connectivity index (χ4n) is 2.72. The molecule has 1 aromatic heterocycles. The Kier molecular flexibility index (Phi) is 3.22. The maximum absolute atomic E-state index is 9.80. The highest BCUT2D eigenvalue weighted by Gasteiger charge is 2.21. The van der Waals surface area contributed by atoms with Crippen molar-refractivity contribution in [3.05, 3.63) is 58.9 Å². The third kappa shape index (κ3) is 2.47. The average Bonchev–Trinajstić information content (AvgIpc) is 2.83. The monoisotopic (exact) mass is 254 g/mol. The molecule has 3 nitrogen and oxygen atoms in total. The molecule has 0 amide bonds. The van der Waals surface area contributed by atoms with E-state index in [1.54, 1.807) is 6.07 Å². The molecule has 1 atom stereocenters. The van der Waals surface area contributed by atoms with E-state index in [-0.39, 0.29) is 5.75 Å². The van der Waals surface area contributed by atoms with Crippen LogP contribution in [0.1, 0.15) is 35.0 Å². The molecule has 0 fully saturated rings. The van der Waals surface area contributed by atoms with E-state index < -0.39 is 0 Å². The summed E-state index contributed by atoms with van der Waals surface area (Å²) in [4.78, 5) is 4.38. The van der Waals surface area contributed by atoms with Crippen molar-refractivity contribution in [2.45, 2.75) is 32.4 Å². The van der Waals surface area contributed by atoms with Gasteiger partial charge in [-0.1, -0.05) is 24.3 Å². The number of pyridine rings is 1. The molecule has 0 bridgehead atoms. The van der Waals surface area contributed by atoms with Crippen LogP contribution in [0.3, 0.4) is 0 Å². The smallest absolute Gasteiger partial charge is 0.138 e. The minimum absolute atomic E-state index is 0.268. The first-order valence-corrected chi connectivity index (χ1v) is 6.71. The van der Waals surface area contributed by atoms with Crippen LogP contribution in [0, 0.1) is 6.92 Å². The largest absolute Gasteiger partial charge is 0.506 e. The van der Waals surface area contributed by atoms with Crippen molar-refractivity contribution < 1.29 is 5.11 Å². The number of aromatic hydroxyl groups is 1. The Morgan fingerprint density at radius 1 is 1.26 bits per heavy atom. The lowest BCUT2D eigenvalue weighted by Crippen LogP contribution is -2.19. The van der Waals surface area contributed by atoms with Gasteiger partial charge in [-0.3, -0.25) is 4.98 Å². The van der Waals surface area contributed by atoms with Gasteiger partial charge < -0.3 is 10.4 Å². The van der Waals surface area contributed by atoms with E-state index in [9.17, 15) is 5.11 Å². The Hall–Kier alpha value is -1.87. The van der Waals surface area contributed by atoms with E-state index in [0.717, 1.165) is 24.2 Å². The molecule has 0 radical (unpaired) electrons. The van der Waals surface area contributed by atoms with Gasteiger partial charge in [-0.15, -0.1) is 0 Å². The average molecular weight is 254 g/mol. The number of aryl methyl sites for hydroxylation is 2. The van der Waals surface area contributed by atoms with Crippen molar-refractivity contribution >= 4 is 0 Å². The van der Waals surface area contributed by atoms with Gasteiger partial charge in [-0.25, -0.2) is 0 Å². The number of rotatable bonds is 3. The predicted molar refractivity (Wildman–Crippen MR) is 75.0 cm³/mol. The zero-order valence-corrected chi connectivity index (χ0v) is 11.1. The van der Waals surface area contributed by atoms with Crippen LogP contribution < -0.4 is 5.32 Å². The van der Waals surface area contributed by atoms with E-state index in [1.807, 2.05) is 13.0 Å². The van der Waals surface area contributed by atoms with Crippen LogP contribution in [0.4, 0.5) is 0 Å². The highest BCUT2D eigenvalue weighted by Crippen LogP contribution is 2.31. The zero-order valence-electron chi connectivity index (χ0n) is 11.1. The first-order valence-electron chi connectivity index (χ1n) is 6.71. The fourth-order valence-corrected chi connectivity index (χ4v) is 2.72. The first kappa shape index (κ1) is 12.2. The van der Waals surface area contributed by atoms with Gasteiger partial charge in [0, 0.05) is 18.3 Å². The highest BCUT2D eigenvalue weighted by atomic mass is 16.3. The standard InChI is InChI=1S/C16H18N2O/c1-11-6-9-16(19)15(18-11)10-17-14-8-7-12-4-2-3-5-13(12)14/h2-6,9,14,17,19H,7-8,10H2,1H3. The minimum Gasteiger partial charge on any atom is -0.506 e. The van der Waals surface area contributed by atoms with Crippen LogP contribution >= 0.6 is 0 Å². The molecule has 1 aromatic carbocycles. The van der Waals surface area contributed by atoms with Gasteiger partial charge in [0.05, 0.1) is 5.69 Å². The molecule has 0 aliphatic heterocycles. The van der Waals surface area contributed by atoms with Crippen LogP contribution in [0.5, 0.6) is 5.75 Å². The van der Waals surface area contributed by atoms with E-state index in [2.05, 4.69) is 34.6 Å². The van der Waals surface area contributed by atoms with Crippen LogP contribution in [-0.2, 0) is 13.0 Å². The second kappa shape index (κ2) is 5.02. The lowest BCUT2D eigenvalue weighted by molar-refractivity contribution is 0.450. The quantitative estimate of drug-likeness (QED) is 0.885. The Labute approximate surface area is 113 Å². The van der Waals surface area contributed by atoms with Crippen molar-refractivity contribution in [3.8, 4) is 5.75 Å². The second-order valence-corrected chi connectivity index (χ2v) is 5.09. The summed E-state index contributed by atoms with van der Waals surface area (Å²) < 4.78 is 0. The molecular formula is C16H18N2O. The maximum atomic E-state index is 9.80. The summed E-state index contributed by atoms with van der Waals surface area (Å²) in [5.74, 6) is 0.268. The molecular weight excluding hydrogens is 236 g/mol. The zero-order chi connectivity index (χ0) is 13.2. The van der Waals surface area contributed by atoms with Crippen LogP contribution in [-0.4, -0.2) is 10.1 Å². The van der Waals surface area contributed by atoms with E-state index in [0.29, 0.717) is 12.6 Å². The SMILES string of the molecule is Cc1ccc(O)c(CNC2CCc3ccccc32)n1. The number of benzene rings is 1. The molecule has 3 rings (SSSR count). The van der Waals surface area contributed by atoms with Gasteiger partial charge in [0.1, 0.15) is 5.75 Å². The molecule has 1 aliphatic carbocycles. The fraction of sp³-hybridized carbons (Fsp3) is 0.312. The summed E-state index contributed by atoms with van der Waals surface area (Å²) in [5, 5.41) is 13.3. The number of nitrogens with zero attached hydrogens (tertiary/aromatic N) is 1. The van der Waals surface area contributed by atoms with Crippen LogP contribution in [0.2, 0.25) is 0 Å². The van der Waals surface area contributed by atoms with Crippen molar-refractivity contribution in [1.82, 2.24) is 10.3 Å². The lowest BCUT2D eigenvalue weighted by atomic mass is 10.1. The molecule has 0 spiro atoms. The number of fused-ring (bicyclic) bond motifs is 1. The highest BCUT2D eigenvalue weighted by molar-refractivity contribution is 5.34. The third-order valence-electron chi connectivity index (χ3n) is 3.74. The van der Waals surface area contributed by atoms with E-state index in [1.165, 1.54) is 11.1 Å². The molecule has 98 valence electrons. The van der Waals surface area contributed by atoms with Crippen molar-refractivity contribution in [2.75, 3.05) is 0 Å². The number of aromatic nitrogens is 1. The molecule has 1 unspecified atom stereocenters. The van der Waals surface area contributed by atoms with Gasteiger partial charge in [0.25, 0.3) is 0 Å². The maximum Gasteiger partial charge on any atom is 0.138 e. The number of hydrogen-bond acceptors (Lipinski definition) is 3. The molecule has 0 saturated heterocycles. The molecule has 2 N–H and O–H groups in total. The van der Waals surface area contributed by atoms with Gasteiger partial charge >= 0.3 is 0 Å². The molecule has 1 heterocycles. The minimum atomic E-state index is 0.268. The third-order valence-corrected chi connectivity index (χ3v) is 3.74. The van der Waals surface area contributed by atoms with Gasteiger partial charge in [-0.2, -0.15) is 0 Å². The summed E-state index contributed by atoms with van der Waals surface area (Å²) in [7, 11) is 0. The Balaban J connectivity index is 1.72. The Morgan fingerprint density at radius 2 is 2.11 bits per heavy atom. The predicted octanol–water partition coefficient (Wildman–Crippen LogP) is 2.87. The second-order valence-electron chi connectivity index (χ2n) is 5.09. The summed E-state index contributed by atoms with van der Waals surface area (Å²) >= 11 is 0. The molecule has 3 heteroatoms. The summed E-state index contributed by atoms with van der Waals surface area (Å²) in [6.45, 7) is 2.54. The van der Waals surface area contributed by atoms with Crippen LogP contribution in [0.15, 0.2) is 36.4 Å². The summed E-state index contributed by atoms with van der Waals surface area (Å²) in [6, 6.07) is 12.5. The molecule has 2 aromatic rings. The van der Waals surface area contributed by atoms with E-state index >= 15 is 0 Å². The van der Waals surface area contributed by atoms with Gasteiger partial charge in [0.2, 0.25) is 0 Å². The topological polar surface area (TPSA) is 45.1 Å². The molecule has 19 heavy (non-hydrogen) atoms. The molecule has 0 saturated carbocycles. The van der Waals surface area contributed by atoms with Crippen molar-refractivity contribution in [1.29, 1.82) is 0 Å². The van der Waals surface area contributed by atoms with Crippen LogP contribution in [0.25, 0.3) is 0 Å². The number of hydrogen-bond donors (Lipinski definition) is 2. The molecule has 1 aliphatic rings. The summed E-state index contributed by atoms with van der Waals surface area (Å²) in [6.07, 6.45) is 2.24. The number of nitrogens with one attached hydrogen (secondary N) is 1. The van der Waals surface area contributed by atoms with Gasteiger partial charge in [-0.05, 0) is 43.0 Å². The van der Waals surface area contributed by atoms with E-state index in [4.69, 9.17) is 0 Å². The van der Waals surface area contributed by atoms with Crippen molar-refractivity contribution in [3.63, 3.8) is 0 Å².